The molecule has 0 radical (unpaired) electrons. The van der Waals surface area contributed by atoms with Crippen molar-refractivity contribution in [2.24, 2.45) is 0 Å². The van der Waals surface area contributed by atoms with Gasteiger partial charge in [0.2, 0.25) is 0 Å². The molecule has 0 saturated heterocycles. The van der Waals surface area contributed by atoms with E-state index in [0.717, 1.165) is 11.8 Å². The van der Waals surface area contributed by atoms with Crippen molar-refractivity contribution in [1.29, 1.82) is 0 Å². The number of pyridine rings is 1. The van der Waals surface area contributed by atoms with Gasteiger partial charge in [0.15, 0.2) is 0 Å². The molecule has 2 aromatic rings. The van der Waals surface area contributed by atoms with E-state index in [1.807, 2.05) is 12.1 Å². The fourth-order valence-electron chi connectivity index (χ4n) is 3.09. The number of nitro groups is 1. The van der Waals surface area contributed by atoms with Gasteiger partial charge in [-0.3, -0.25) is 10.1 Å². The van der Waals surface area contributed by atoms with Gasteiger partial charge in [-0.15, -0.1) is 0 Å². The Morgan fingerprint density at radius 1 is 1.22 bits per heavy atom. The molecular weight excluding hydrogens is 350 g/mol. The zero-order valence-electron chi connectivity index (χ0n) is 15.0. The number of benzene rings is 1. The number of anilines is 1. The number of ether oxygens (including phenoxy) is 2. The van der Waals surface area contributed by atoms with Crippen LogP contribution < -0.4 is 10.1 Å². The number of hydrogen-bond acceptors (Lipinski definition) is 7. The SMILES string of the molecule is COC(=O)c1cnc(Oc2ccc(NC3CCCCC3)cc2)c([N+](=O)[O-])c1. The molecule has 1 N–H and O–H groups in total. The van der Waals surface area contributed by atoms with Crippen LogP contribution in [0.15, 0.2) is 36.5 Å². The predicted molar refractivity (Wildman–Crippen MR) is 99.2 cm³/mol. The number of rotatable bonds is 6. The highest BCUT2D eigenvalue weighted by molar-refractivity contribution is 5.89. The zero-order valence-corrected chi connectivity index (χ0v) is 15.0. The van der Waals surface area contributed by atoms with Gasteiger partial charge < -0.3 is 14.8 Å². The molecule has 1 aliphatic rings. The Kier molecular flexibility index (Phi) is 5.85. The molecule has 8 nitrogen and oxygen atoms in total. The van der Waals surface area contributed by atoms with E-state index in [0.29, 0.717) is 11.8 Å². The van der Waals surface area contributed by atoms with Crippen LogP contribution in [0.3, 0.4) is 0 Å². The maximum atomic E-state index is 11.5. The summed E-state index contributed by atoms with van der Waals surface area (Å²) in [6, 6.07) is 8.78. The Morgan fingerprint density at radius 3 is 2.56 bits per heavy atom. The van der Waals surface area contributed by atoms with Gasteiger partial charge in [-0.25, -0.2) is 9.78 Å². The number of esters is 1. The van der Waals surface area contributed by atoms with E-state index in [9.17, 15) is 14.9 Å². The lowest BCUT2D eigenvalue weighted by molar-refractivity contribution is -0.386. The molecule has 3 rings (SSSR count). The third-order valence-corrected chi connectivity index (χ3v) is 4.49. The van der Waals surface area contributed by atoms with E-state index in [2.05, 4.69) is 15.0 Å². The molecular formula is C19H21N3O5. The minimum atomic E-state index is -0.699. The van der Waals surface area contributed by atoms with E-state index in [1.165, 1.54) is 45.4 Å². The van der Waals surface area contributed by atoms with Crippen LogP contribution in [-0.2, 0) is 4.74 Å². The summed E-state index contributed by atoms with van der Waals surface area (Å²) >= 11 is 0. The Balaban J connectivity index is 1.72. The Hall–Kier alpha value is -3.16. The number of nitrogens with zero attached hydrogens (tertiary/aromatic N) is 2. The maximum Gasteiger partial charge on any atom is 0.339 e. The van der Waals surface area contributed by atoms with Gasteiger partial charge in [0.1, 0.15) is 5.75 Å². The second kappa shape index (κ2) is 8.48. The minimum absolute atomic E-state index is 0.0106. The average Bonchev–Trinajstić information content (AvgIpc) is 2.70. The maximum absolute atomic E-state index is 11.5. The molecule has 27 heavy (non-hydrogen) atoms. The molecule has 142 valence electrons. The van der Waals surface area contributed by atoms with Gasteiger partial charge >= 0.3 is 11.7 Å². The van der Waals surface area contributed by atoms with Crippen LogP contribution in [0.4, 0.5) is 11.4 Å². The Morgan fingerprint density at radius 2 is 1.93 bits per heavy atom. The van der Waals surface area contributed by atoms with Gasteiger partial charge in [-0.05, 0) is 37.1 Å². The van der Waals surface area contributed by atoms with Gasteiger partial charge in [0.25, 0.3) is 5.88 Å². The van der Waals surface area contributed by atoms with Crippen molar-refractivity contribution in [2.45, 2.75) is 38.1 Å². The highest BCUT2D eigenvalue weighted by Gasteiger charge is 2.21. The molecule has 1 saturated carbocycles. The van der Waals surface area contributed by atoms with Gasteiger partial charge in [0, 0.05) is 24.0 Å². The first kappa shape index (κ1) is 18.6. The number of hydrogen-bond donors (Lipinski definition) is 1. The normalized spacial score (nSPS) is 14.4. The summed E-state index contributed by atoms with van der Waals surface area (Å²) in [6.07, 6.45) is 7.31. The van der Waals surface area contributed by atoms with Crippen LogP contribution in [0.25, 0.3) is 0 Å². The lowest BCUT2D eigenvalue weighted by Crippen LogP contribution is -2.22. The standard InChI is InChI=1S/C19H21N3O5/c1-26-19(23)13-11-17(22(24)25)18(20-12-13)27-16-9-7-15(8-10-16)21-14-5-3-2-4-6-14/h7-12,14,21H,2-6H2,1H3. The number of aromatic nitrogens is 1. The highest BCUT2D eigenvalue weighted by Crippen LogP contribution is 2.31. The molecule has 1 aromatic carbocycles. The van der Waals surface area contributed by atoms with Crippen molar-refractivity contribution in [3.63, 3.8) is 0 Å². The second-order valence-corrected chi connectivity index (χ2v) is 6.40. The quantitative estimate of drug-likeness (QED) is 0.458. The van der Waals surface area contributed by atoms with E-state index in [1.54, 1.807) is 12.1 Å². The predicted octanol–water partition coefficient (Wildman–Crippen LogP) is 4.31. The molecule has 0 bridgehead atoms. The van der Waals surface area contributed by atoms with Crippen LogP contribution >= 0.6 is 0 Å². The topological polar surface area (TPSA) is 104 Å². The van der Waals surface area contributed by atoms with E-state index in [4.69, 9.17) is 4.74 Å². The first-order valence-corrected chi connectivity index (χ1v) is 8.84. The van der Waals surface area contributed by atoms with Crippen molar-refractivity contribution >= 4 is 17.3 Å². The molecule has 1 fully saturated rings. The van der Waals surface area contributed by atoms with Crippen molar-refractivity contribution in [2.75, 3.05) is 12.4 Å². The zero-order chi connectivity index (χ0) is 19.2. The summed E-state index contributed by atoms with van der Waals surface area (Å²) in [6.45, 7) is 0. The summed E-state index contributed by atoms with van der Waals surface area (Å²) in [5, 5.41) is 14.8. The summed E-state index contributed by atoms with van der Waals surface area (Å²) in [5.74, 6) is -0.457. The highest BCUT2D eigenvalue weighted by atomic mass is 16.6. The summed E-state index contributed by atoms with van der Waals surface area (Å²) in [5.41, 5.74) is 0.573. The lowest BCUT2D eigenvalue weighted by Gasteiger charge is -2.23. The smallest absolute Gasteiger partial charge is 0.339 e. The molecule has 1 aliphatic carbocycles. The number of methoxy groups -OCH3 is 1. The molecule has 0 unspecified atom stereocenters. The van der Waals surface area contributed by atoms with E-state index in [-0.39, 0.29) is 11.4 Å². The van der Waals surface area contributed by atoms with Crippen LogP contribution in [-0.4, -0.2) is 29.0 Å². The largest absolute Gasteiger partial charge is 0.465 e. The molecule has 1 aromatic heterocycles. The fraction of sp³-hybridized carbons (Fsp3) is 0.368. The van der Waals surface area contributed by atoms with Crippen LogP contribution in [0, 0.1) is 10.1 Å². The Bertz CT molecular complexity index is 817. The van der Waals surface area contributed by atoms with Crippen molar-refractivity contribution in [3.05, 3.63) is 52.2 Å². The van der Waals surface area contributed by atoms with Crippen LogP contribution in [0.5, 0.6) is 11.6 Å². The molecule has 0 amide bonds. The van der Waals surface area contributed by atoms with Crippen LogP contribution in [0.1, 0.15) is 42.5 Å². The monoisotopic (exact) mass is 371 g/mol. The number of carbonyl (C=O) groups excluding carboxylic acids is 1. The van der Waals surface area contributed by atoms with Gasteiger partial charge in [0.05, 0.1) is 17.6 Å². The second-order valence-electron chi connectivity index (χ2n) is 6.40. The lowest BCUT2D eigenvalue weighted by atomic mass is 9.95. The van der Waals surface area contributed by atoms with E-state index >= 15 is 0 Å². The third-order valence-electron chi connectivity index (χ3n) is 4.49. The van der Waals surface area contributed by atoms with Crippen molar-refractivity contribution in [3.8, 4) is 11.6 Å². The Labute approximate surface area is 156 Å². The third kappa shape index (κ3) is 4.72. The van der Waals surface area contributed by atoms with Crippen molar-refractivity contribution in [1.82, 2.24) is 4.98 Å². The molecule has 0 aliphatic heterocycles. The first-order chi connectivity index (χ1) is 13.1. The number of nitrogens with one attached hydrogen (secondary N) is 1. The molecule has 8 heteroatoms. The molecule has 0 atom stereocenters. The molecule has 0 spiro atoms. The van der Waals surface area contributed by atoms with Gasteiger partial charge in [-0.2, -0.15) is 0 Å². The van der Waals surface area contributed by atoms with Crippen molar-refractivity contribution < 1.29 is 19.2 Å². The fourth-order valence-corrected chi connectivity index (χ4v) is 3.09. The number of carbonyl (C=O) groups is 1. The summed E-state index contributed by atoms with van der Waals surface area (Å²) < 4.78 is 10.1. The molecule has 1 heterocycles. The summed E-state index contributed by atoms with van der Waals surface area (Å²) in [4.78, 5) is 26.1. The van der Waals surface area contributed by atoms with Crippen LogP contribution in [0.2, 0.25) is 0 Å². The van der Waals surface area contributed by atoms with Gasteiger partial charge in [-0.1, -0.05) is 19.3 Å². The first-order valence-electron chi connectivity index (χ1n) is 8.84. The average molecular weight is 371 g/mol. The minimum Gasteiger partial charge on any atom is -0.465 e. The summed E-state index contributed by atoms with van der Waals surface area (Å²) in [7, 11) is 1.20. The van der Waals surface area contributed by atoms with E-state index < -0.39 is 16.6 Å².